The highest BCUT2D eigenvalue weighted by Crippen LogP contribution is 2.31. The van der Waals surface area contributed by atoms with Crippen molar-refractivity contribution in [3.63, 3.8) is 0 Å². The molecule has 1 saturated heterocycles. The number of hydrogen-bond donors (Lipinski definition) is 1. The van der Waals surface area contributed by atoms with Crippen LogP contribution in [-0.2, 0) is 9.53 Å². The Balaban J connectivity index is 1.92. The molecule has 0 spiro atoms. The molecule has 0 aromatic heterocycles. The lowest BCUT2D eigenvalue weighted by Crippen LogP contribution is -2.46. The van der Waals surface area contributed by atoms with Crippen molar-refractivity contribution in [1.82, 2.24) is 0 Å². The fourth-order valence-electron chi connectivity index (χ4n) is 4.28. The summed E-state index contributed by atoms with van der Waals surface area (Å²) in [6.45, 7) is 4.44. The molecule has 180 valence electrons. The Labute approximate surface area is 192 Å². The van der Waals surface area contributed by atoms with Gasteiger partial charge in [-0.2, -0.15) is 0 Å². The minimum absolute atomic E-state index is 0.0381. The van der Waals surface area contributed by atoms with E-state index in [1.54, 1.807) is 0 Å². The van der Waals surface area contributed by atoms with Gasteiger partial charge in [0.2, 0.25) is 0 Å². The average molecular weight is 435 g/mol. The number of aliphatic hydroxyl groups is 1. The summed E-state index contributed by atoms with van der Waals surface area (Å²) in [4.78, 5) is 11.7. The molecule has 1 heterocycles. The highest BCUT2D eigenvalue weighted by Gasteiger charge is 2.42. The van der Waals surface area contributed by atoms with Gasteiger partial charge in [0, 0.05) is 6.42 Å². The Morgan fingerprint density at radius 2 is 1.39 bits per heavy atom. The summed E-state index contributed by atoms with van der Waals surface area (Å²) in [6.07, 6.45) is 29.5. The van der Waals surface area contributed by atoms with Crippen LogP contribution in [0.3, 0.4) is 0 Å². The van der Waals surface area contributed by atoms with E-state index in [0.29, 0.717) is 6.42 Å². The van der Waals surface area contributed by atoms with Crippen LogP contribution in [0.15, 0.2) is 24.3 Å². The van der Waals surface area contributed by atoms with E-state index < -0.39 is 0 Å². The summed E-state index contributed by atoms with van der Waals surface area (Å²) in [7, 11) is 0. The number of unbranched alkanes of at least 4 members (excludes halogenated alkanes) is 11. The van der Waals surface area contributed by atoms with E-state index >= 15 is 0 Å². The van der Waals surface area contributed by atoms with Crippen molar-refractivity contribution in [2.75, 3.05) is 0 Å². The second-order valence-corrected chi connectivity index (χ2v) is 9.34. The first-order chi connectivity index (χ1) is 15.2. The van der Waals surface area contributed by atoms with Crippen molar-refractivity contribution in [2.24, 2.45) is 5.92 Å². The fourth-order valence-corrected chi connectivity index (χ4v) is 4.28. The van der Waals surface area contributed by atoms with Crippen LogP contribution >= 0.6 is 0 Å². The third kappa shape index (κ3) is 14.6. The van der Waals surface area contributed by atoms with Crippen molar-refractivity contribution in [3.8, 4) is 0 Å². The number of ether oxygens (including phenoxy) is 1. The average Bonchev–Trinajstić information content (AvgIpc) is 2.76. The van der Waals surface area contributed by atoms with Gasteiger partial charge in [0.1, 0.15) is 6.10 Å². The fraction of sp³-hybridized carbons (Fsp3) is 0.821. The van der Waals surface area contributed by atoms with Gasteiger partial charge in [-0.3, -0.25) is 4.79 Å². The molecular weight excluding hydrogens is 384 g/mol. The number of carbonyl (C=O) groups excluding carboxylic acids is 1. The van der Waals surface area contributed by atoms with E-state index in [1.165, 1.54) is 77.0 Å². The number of allylic oxidation sites excluding steroid dienone is 4. The van der Waals surface area contributed by atoms with Crippen LogP contribution in [0.4, 0.5) is 0 Å². The van der Waals surface area contributed by atoms with Crippen molar-refractivity contribution in [3.05, 3.63) is 24.3 Å². The standard InChI is InChI=1S/C28H50O3/c1-3-5-7-9-10-11-12-13-14-15-16-17-18-19-20-22-25(29)24-27-26(28(30)31-27)23-21-8-6-4-2/h10-11,13-14,25-27,29H,3-9,12,15-24H2,1-2H3/b11-10-,14-13-/t25?,26-,27+/m0/s1. The molecule has 0 amide bonds. The maximum absolute atomic E-state index is 11.7. The van der Waals surface area contributed by atoms with E-state index in [-0.39, 0.29) is 24.1 Å². The summed E-state index contributed by atoms with van der Waals surface area (Å²) in [6, 6.07) is 0. The Morgan fingerprint density at radius 3 is 2.06 bits per heavy atom. The van der Waals surface area contributed by atoms with Gasteiger partial charge in [-0.1, -0.05) is 102 Å². The zero-order valence-corrected chi connectivity index (χ0v) is 20.5. The van der Waals surface area contributed by atoms with Crippen LogP contribution in [0.2, 0.25) is 0 Å². The maximum Gasteiger partial charge on any atom is 0.313 e. The van der Waals surface area contributed by atoms with Crippen LogP contribution in [0.5, 0.6) is 0 Å². The van der Waals surface area contributed by atoms with E-state index in [2.05, 4.69) is 38.2 Å². The van der Waals surface area contributed by atoms with E-state index in [4.69, 9.17) is 4.74 Å². The number of esters is 1. The molecule has 1 fully saturated rings. The molecule has 0 radical (unpaired) electrons. The van der Waals surface area contributed by atoms with Crippen molar-refractivity contribution in [1.29, 1.82) is 0 Å². The van der Waals surface area contributed by atoms with Crippen LogP contribution in [-0.4, -0.2) is 23.3 Å². The molecule has 0 aromatic rings. The molecule has 0 aliphatic carbocycles. The van der Waals surface area contributed by atoms with Crippen LogP contribution in [0.1, 0.15) is 129 Å². The number of rotatable bonds is 21. The lowest BCUT2D eigenvalue weighted by molar-refractivity contribution is -0.188. The summed E-state index contributed by atoms with van der Waals surface area (Å²) in [5.74, 6) is -0.0122. The largest absolute Gasteiger partial charge is 0.461 e. The summed E-state index contributed by atoms with van der Waals surface area (Å²) in [5, 5.41) is 10.3. The monoisotopic (exact) mass is 434 g/mol. The van der Waals surface area contributed by atoms with Crippen LogP contribution in [0.25, 0.3) is 0 Å². The molecule has 0 aromatic carbocycles. The summed E-state index contributed by atoms with van der Waals surface area (Å²) in [5.41, 5.74) is 0. The molecule has 1 aliphatic heterocycles. The molecule has 1 aliphatic rings. The molecule has 3 heteroatoms. The quantitative estimate of drug-likeness (QED) is 0.113. The number of cyclic esters (lactones) is 1. The molecule has 0 saturated carbocycles. The summed E-state index contributed by atoms with van der Waals surface area (Å²) >= 11 is 0. The number of carbonyl (C=O) groups is 1. The smallest absolute Gasteiger partial charge is 0.313 e. The second kappa shape index (κ2) is 19.6. The predicted octanol–water partition coefficient (Wildman–Crippen LogP) is 8.06. The van der Waals surface area contributed by atoms with Gasteiger partial charge in [0.15, 0.2) is 0 Å². The molecule has 0 bridgehead atoms. The van der Waals surface area contributed by atoms with Gasteiger partial charge >= 0.3 is 5.97 Å². The molecular formula is C28H50O3. The van der Waals surface area contributed by atoms with Gasteiger partial charge in [-0.25, -0.2) is 0 Å². The first-order valence-electron chi connectivity index (χ1n) is 13.4. The first kappa shape index (κ1) is 27.9. The molecule has 1 unspecified atom stereocenters. The predicted molar refractivity (Wildman–Crippen MR) is 132 cm³/mol. The first-order valence-corrected chi connectivity index (χ1v) is 13.4. The van der Waals surface area contributed by atoms with Crippen molar-refractivity contribution >= 4 is 5.97 Å². The maximum atomic E-state index is 11.7. The molecule has 1 rings (SSSR count). The topological polar surface area (TPSA) is 46.5 Å². The lowest BCUT2D eigenvalue weighted by atomic mass is 9.86. The van der Waals surface area contributed by atoms with Crippen LogP contribution < -0.4 is 0 Å². The third-order valence-electron chi connectivity index (χ3n) is 6.38. The van der Waals surface area contributed by atoms with Gasteiger partial charge < -0.3 is 9.84 Å². The summed E-state index contributed by atoms with van der Waals surface area (Å²) < 4.78 is 5.30. The zero-order chi connectivity index (χ0) is 22.6. The van der Waals surface area contributed by atoms with E-state index in [9.17, 15) is 9.90 Å². The third-order valence-corrected chi connectivity index (χ3v) is 6.38. The Morgan fingerprint density at radius 1 is 0.806 bits per heavy atom. The van der Waals surface area contributed by atoms with E-state index in [1.807, 2.05) is 0 Å². The van der Waals surface area contributed by atoms with Crippen LogP contribution in [0, 0.1) is 5.92 Å². The van der Waals surface area contributed by atoms with E-state index in [0.717, 1.165) is 32.1 Å². The Bertz CT molecular complexity index is 483. The Hall–Kier alpha value is -1.09. The normalized spacial score (nSPS) is 19.8. The van der Waals surface area contributed by atoms with Crippen molar-refractivity contribution < 1.29 is 14.6 Å². The SMILES string of the molecule is CCCCC/C=C\C/C=C\CCCCCCCC(O)C[C@H]1OC(=O)[C@H]1CCCCCC. The number of aliphatic hydroxyl groups excluding tert-OH is 1. The van der Waals surface area contributed by atoms with Gasteiger partial charge in [0.25, 0.3) is 0 Å². The van der Waals surface area contributed by atoms with Gasteiger partial charge in [-0.15, -0.1) is 0 Å². The highest BCUT2D eigenvalue weighted by molar-refractivity contribution is 5.78. The molecule has 3 atom stereocenters. The molecule has 1 N–H and O–H groups in total. The molecule has 3 nitrogen and oxygen atoms in total. The van der Waals surface area contributed by atoms with Gasteiger partial charge in [0.05, 0.1) is 12.0 Å². The lowest BCUT2D eigenvalue weighted by Gasteiger charge is -2.36. The zero-order valence-electron chi connectivity index (χ0n) is 20.5. The second-order valence-electron chi connectivity index (χ2n) is 9.34. The van der Waals surface area contributed by atoms with Crippen molar-refractivity contribution in [2.45, 2.75) is 142 Å². The Kier molecular flexibility index (Phi) is 17.7. The minimum Gasteiger partial charge on any atom is -0.461 e. The van der Waals surface area contributed by atoms with Gasteiger partial charge in [-0.05, 0) is 44.9 Å². The minimum atomic E-state index is -0.325. The number of hydrogen-bond acceptors (Lipinski definition) is 3. The molecule has 31 heavy (non-hydrogen) atoms. The highest BCUT2D eigenvalue weighted by atomic mass is 16.6.